The zero-order valence-corrected chi connectivity index (χ0v) is 16.8. The first-order valence-corrected chi connectivity index (χ1v) is 9.69. The molecule has 2 N–H and O–H groups in total. The first-order valence-electron chi connectivity index (χ1n) is 9.69. The highest BCUT2D eigenvalue weighted by Gasteiger charge is 2.10. The molecule has 0 fully saturated rings. The molecule has 0 atom stereocenters. The summed E-state index contributed by atoms with van der Waals surface area (Å²) in [4.78, 5) is 27.3. The molecule has 0 aliphatic rings. The van der Waals surface area contributed by atoms with E-state index in [2.05, 4.69) is 22.4 Å². The Morgan fingerprint density at radius 2 is 1.72 bits per heavy atom. The van der Waals surface area contributed by atoms with Crippen LogP contribution in [0.3, 0.4) is 0 Å². The van der Waals surface area contributed by atoms with E-state index in [-0.39, 0.29) is 17.9 Å². The van der Waals surface area contributed by atoms with Crippen LogP contribution in [0.2, 0.25) is 0 Å². The fraction of sp³-hybridized carbons (Fsp3) is 0.304. The number of carbonyl (C=O) groups excluding carboxylic acids is 1. The molecule has 1 amide bonds. The van der Waals surface area contributed by atoms with Crippen molar-refractivity contribution >= 4 is 16.8 Å². The van der Waals surface area contributed by atoms with Gasteiger partial charge in [-0.05, 0) is 37.0 Å². The second-order valence-electron chi connectivity index (χ2n) is 6.86. The fourth-order valence-corrected chi connectivity index (χ4v) is 3.27. The van der Waals surface area contributed by atoms with Crippen molar-refractivity contribution in [3.8, 4) is 11.5 Å². The lowest BCUT2D eigenvalue weighted by atomic mass is 10.1. The second kappa shape index (κ2) is 9.78. The molecule has 2 aromatic carbocycles. The van der Waals surface area contributed by atoms with E-state index in [0.717, 1.165) is 18.2 Å². The highest BCUT2D eigenvalue weighted by Crippen LogP contribution is 2.31. The van der Waals surface area contributed by atoms with Gasteiger partial charge in [0.15, 0.2) is 11.5 Å². The Kier molecular flexibility index (Phi) is 6.89. The topological polar surface area (TPSA) is 80.4 Å². The maximum atomic E-state index is 12.4. The number of amides is 1. The fourth-order valence-electron chi connectivity index (χ4n) is 3.27. The summed E-state index contributed by atoms with van der Waals surface area (Å²) in [7, 11) is 3.12. The molecule has 6 nitrogen and oxygen atoms in total. The summed E-state index contributed by atoms with van der Waals surface area (Å²) >= 11 is 0. The van der Waals surface area contributed by atoms with Crippen LogP contribution < -0.4 is 20.3 Å². The standard InChI is InChI=1S/C23H26N2O4/c1-28-20-14-18-13-17(23(27)25-19(18)15-21(20)29-2)10-11-22(26)24-12-6-9-16-7-4-3-5-8-16/h3-5,7-8,13-15H,6,9-12H2,1-2H3,(H,24,26)(H,25,27). The maximum absolute atomic E-state index is 12.4. The predicted octanol–water partition coefficient (Wildman–Crippen LogP) is 3.23. The molecule has 0 unspecified atom stereocenters. The van der Waals surface area contributed by atoms with Crippen molar-refractivity contribution in [3.05, 3.63) is 70.0 Å². The van der Waals surface area contributed by atoms with Gasteiger partial charge >= 0.3 is 0 Å². The number of nitrogens with one attached hydrogen (secondary N) is 2. The predicted molar refractivity (Wildman–Crippen MR) is 114 cm³/mol. The number of aromatic nitrogens is 1. The first-order chi connectivity index (χ1) is 14.1. The van der Waals surface area contributed by atoms with Gasteiger partial charge in [0.2, 0.25) is 5.91 Å². The average molecular weight is 394 g/mol. The van der Waals surface area contributed by atoms with Crippen LogP contribution in [0.5, 0.6) is 11.5 Å². The molecule has 29 heavy (non-hydrogen) atoms. The molecular weight excluding hydrogens is 368 g/mol. The van der Waals surface area contributed by atoms with Crippen molar-refractivity contribution in [1.82, 2.24) is 10.3 Å². The van der Waals surface area contributed by atoms with E-state index in [4.69, 9.17) is 9.47 Å². The zero-order valence-electron chi connectivity index (χ0n) is 16.8. The zero-order chi connectivity index (χ0) is 20.6. The lowest BCUT2D eigenvalue weighted by Crippen LogP contribution is -2.26. The number of aromatic amines is 1. The largest absolute Gasteiger partial charge is 0.493 e. The van der Waals surface area contributed by atoms with Crippen molar-refractivity contribution in [2.75, 3.05) is 20.8 Å². The Bertz CT molecular complexity index is 1030. The van der Waals surface area contributed by atoms with Crippen LogP contribution in [0.1, 0.15) is 24.0 Å². The van der Waals surface area contributed by atoms with Gasteiger partial charge in [-0.2, -0.15) is 0 Å². The lowest BCUT2D eigenvalue weighted by molar-refractivity contribution is -0.121. The number of fused-ring (bicyclic) bond motifs is 1. The van der Waals surface area contributed by atoms with Crippen molar-refractivity contribution in [3.63, 3.8) is 0 Å². The second-order valence-corrected chi connectivity index (χ2v) is 6.86. The summed E-state index contributed by atoms with van der Waals surface area (Å²) in [5.74, 6) is 1.09. The minimum atomic E-state index is -0.193. The van der Waals surface area contributed by atoms with E-state index >= 15 is 0 Å². The monoisotopic (exact) mass is 394 g/mol. The van der Waals surface area contributed by atoms with Crippen LogP contribution in [-0.2, 0) is 17.6 Å². The van der Waals surface area contributed by atoms with E-state index in [9.17, 15) is 9.59 Å². The normalized spacial score (nSPS) is 10.7. The molecule has 152 valence electrons. The minimum absolute atomic E-state index is 0.0510. The van der Waals surface area contributed by atoms with Crippen LogP contribution in [0, 0.1) is 0 Å². The molecule has 0 aliphatic heterocycles. The average Bonchev–Trinajstić information content (AvgIpc) is 2.75. The summed E-state index contributed by atoms with van der Waals surface area (Å²) in [5, 5.41) is 3.76. The Hall–Kier alpha value is -3.28. The molecule has 0 saturated carbocycles. The lowest BCUT2D eigenvalue weighted by Gasteiger charge is -2.10. The number of hydrogen-bond donors (Lipinski definition) is 2. The van der Waals surface area contributed by atoms with Crippen LogP contribution in [0.4, 0.5) is 0 Å². The van der Waals surface area contributed by atoms with Gasteiger partial charge in [0.25, 0.3) is 5.56 Å². The Balaban J connectivity index is 1.56. The van der Waals surface area contributed by atoms with Gasteiger partial charge in [0, 0.05) is 30.0 Å². The van der Waals surface area contributed by atoms with Gasteiger partial charge in [-0.1, -0.05) is 30.3 Å². The molecule has 1 aromatic heterocycles. The number of carbonyl (C=O) groups is 1. The van der Waals surface area contributed by atoms with Gasteiger partial charge < -0.3 is 19.8 Å². The highest BCUT2D eigenvalue weighted by molar-refractivity contribution is 5.83. The summed E-state index contributed by atoms with van der Waals surface area (Å²) in [6.07, 6.45) is 2.46. The molecule has 6 heteroatoms. The number of pyridine rings is 1. The van der Waals surface area contributed by atoms with Gasteiger partial charge in [0.1, 0.15) is 0 Å². The molecule has 1 heterocycles. The third-order valence-corrected chi connectivity index (χ3v) is 4.85. The van der Waals surface area contributed by atoms with E-state index < -0.39 is 0 Å². The van der Waals surface area contributed by atoms with Crippen molar-refractivity contribution in [2.45, 2.75) is 25.7 Å². The molecule has 3 aromatic rings. The van der Waals surface area contributed by atoms with E-state index in [0.29, 0.717) is 35.5 Å². The van der Waals surface area contributed by atoms with Crippen LogP contribution in [0.25, 0.3) is 10.9 Å². The van der Waals surface area contributed by atoms with Crippen LogP contribution in [-0.4, -0.2) is 31.7 Å². The summed E-state index contributed by atoms with van der Waals surface area (Å²) < 4.78 is 10.6. The van der Waals surface area contributed by atoms with Crippen molar-refractivity contribution in [2.24, 2.45) is 0 Å². The van der Waals surface area contributed by atoms with E-state index in [1.165, 1.54) is 5.56 Å². The smallest absolute Gasteiger partial charge is 0.251 e. The maximum Gasteiger partial charge on any atom is 0.251 e. The summed E-state index contributed by atoms with van der Waals surface area (Å²) in [6.45, 7) is 0.624. The number of methoxy groups -OCH3 is 2. The molecule has 0 saturated heterocycles. The highest BCUT2D eigenvalue weighted by atomic mass is 16.5. The van der Waals surface area contributed by atoms with E-state index in [1.807, 2.05) is 24.3 Å². The molecule has 0 bridgehead atoms. The first kappa shape index (κ1) is 20.5. The van der Waals surface area contributed by atoms with Gasteiger partial charge in [-0.15, -0.1) is 0 Å². The van der Waals surface area contributed by atoms with Crippen molar-refractivity contribution < 1.29 is 14.3 Å². The molecule has 0 aliphatic carbocycles. The molecule has 3 rings (SSSR count). The Labute approximate surface area is 169 Å². The summed E-state index contributed by atoms with van der Waals surface area (Å²) in [6, 6.07) is 15.5. The molecular formula is C23H26N2O4. The molecule has 0 spiro atoms. The number of benzene rings is 2. The number of ether oxygens (including phenoxy) is 2. The number of rotatable bonds is 9. The third-order valence-electron chi connectivity index (χ3n) is 4.85. The SMILES string of the molecule is COc1cc2cc(CCC(=O)NCCCc3ccccc3)c(=O)[nH]c2cc1OC. The summed E-state index contributed by atoms with van der Waals surface area (Å²) in [5.41, 5.74) is 2.31. The van der Waals surface area contributed by atoms with Crippen LogP contribution in [0.15, 0.2) is 53.3 Å². The number of H-pyrrole nitrogens is 1. The van der Waals surface area contributed by atoms with E-state index in [1.54, 1.807) is 26.4 Å². The Morgan fingerprint density at radius 1 is 1.00 bits per heavy atom. The molecule has 0 radical (unpaired) electrons. The number of hydrogen-bond acceptors (Lipinski definition) is 4. The van der Waals surface area contributed by atoms with Crippen molar-refractivity contribution in [1.29, 1.82) is 0 Å². The van der Waals surface area contributed by atoms with Gasteiger partial charge in [-0.3, -0.25) is 9.59 Å². The van der Waals surface area contributed by atoms with Gasteiger partial charge in [-0.25, -0.2) is 0 Å². The van der Waals surface area contributed by atoms with Gasteiger partial charge in [0.05, 0.1) is 19.7 Å². The number of aryl methyl sites for hydroxylation is 2. The Morgan fingerprint density at radius 3 is 2.45 bits per heavy atom. The minimum Gasteiger partial charge on any atom is -0.493 e. The third kappa shape index (κ3) is 5.38. The quantitative estimate of drug-likeness (QED) is 0.546. The van der Waals surface area contributed by atoms with Crippen LogP contribution >= 0.6 is 0 Å².